The van der Waals surface area contributed by atoms with Crippen LogP contribution in [0, 0.1) is 35.1 Å². The topological polar surface area (TPSA) is 0 Å². The van der Waals surface area contributed by atoms with E-state index < -0.39 is 0 Å². The first-order valence-electron chi connectivity index (χ1n) is 14.5. The number of halogens is 1. The van der Waals surface area contributed by atoms with Gasteiger partial charge in [-0.05, 0) is 32.7 Å². The zero-order valence-electron chi connectivity index (χ0n) is 26.9. The third kappa shape index (κ3) is 7.69. The number of fused-ring (bicyclic) bond motifs is 4. The van der Waals surface area contributed by atoms with E-state index >= 15 is 0 Å². The summed E-state index contributed by atoms with van der Waals surface area (Å²) in [4.78, 5) is 0. The van der Waals surface area contributed by atoms with E-state index in [2.05, 4.69) is 184 Å². The van der Waals surface area contributed by atoms with E-state index in [1.807, 2.05) is 0 Å². The molecule has 0 saturated carbocycles. The Morgan fingerprint density at radius 2 is 0.761 bits per heavy atom. The fraction of sp³-hybridized carbons (Fsp3) is 0.0465. The van der Waals surface area contributed by atoms with Crippen LogP contribution in [0.1, 0.15) is 11.1 Å². The minimum atomic E-state index is 0. The molecule has 0 fully saturated rings. The van der Waals surface area contributed by atoms with Crippen molar-refractivity contribution in [1.82, 2.24) is 0 Å². The Morgan fingerprint density at radius 3 is 1.15 bits per heavy atom. The maximum atomic E-state index is 4.39. The molecule has 0 N–H and O–H groups in total. The Hall–Kier alpha value is -3.55. The zero-order chi connectivity index (χ0) is 31.1. The van der Waals surface area contributed by atoms with Crippen molar-refractivity contribution in [2.24, 2.45) is 0 Å². The van der Waals surface area contributed by atoms with E-state index in [1.165, 1.54) is 99.8 Å². The van der Waals surface area contributed by atoms with E-state index in [9.17, 15) is 0 Å². The fourth-order valence-corrected chi connectivity index (χ4v) is 6.16. The van der Waals surface area contributed by atoms with Gasteiger partial charge in [0.1, 0.15) is 0 Å². The summed E-state index contributed by atoms with van der Waals surface area (Å²) in [5.41, 5.74) is 7.94. The Balaban J connectivity index is 0.000000218. The summed E-state index contributed by atoms with van der Waals surface area (Å²) in [5.74, 6) is 0. The molecular weight excluding hydrogens is 671 g/mol. The monoisotopic (exact) mass is 707 g/mol. The van der Waals surface area contributed by atoms with Gasteiger partial charge in [0.15, 0.2) is 0 Å². The molecule has 0 heterocycles. The van der Waals surface area contributed by atoms with E-state index in [4.69, 9.17) is 0 Å². The van der Waals surface area contributed by atoms with Gasteiger partial charge in [-0.25, -0.2) is 0 Å². The summed E-state index contributed by atoms with van der Waals surface area (Å²) in [6.07, 6.45) is 2.72. The molecule has 0 atom stereocenters. The predicted octanol–water partition coefficient (Wildman–Crippen LogP) is 12.9. The number of aryl methyl sites for hydroxylation is 2. The molecule has 46 heavy (non-hydrogen) atoms. The van der Waals surface area contributed by atoms with Gasteiger partial charge in [0.2, 0.25) is 0 Å². The van der Waals surface area contributed by atoms with Crippen LogP contribution in [-0.2, 0) is 23.3 Å². The van der Waals surface area contributed by atoms with Crippen LogP contribution in [0.2, 0.25) is 0 Å². The van der Waals surface area contributed by atoms with Crippen molar-refractivity contribution in [3.05, 3.63) is 178 Å². The Morgan fingerprint density at radius 1 is 0.457 bits per heavy atom. The average molecular weight is 710 g/mol. The molecule has 8 rings (SSSR count). The van der Waals surface area contributed by atoms with E-state index in [0.29, 0.717) is 0 Å². The quantitative estimate of drug-likeness (QED) is 0.124. The zero-order valence-corrected chi connectivity index (χ0v) is 31.2. The normalized spacial score (nSPS) is 9.98. The van der Waals surface area contributed by atoms with Gasteiger partial charge in [0, 0.05) is 0 Å². The second-order valence-corrected chi connectivity index (χ2v) is 10.7. The van der Waals surface area contributed by atoms with Crippen molar-refractivity contribution in [3.63, 3.8) is 0 Å². The minimum absolute atomic E-state index is 0. The number of hydrogen-bond acceptors (Lipinski definition) is 0. The Labute approximate surface area is 297 Å². The van der Waals surface area contributed by atoms with Crippen LogP contribution in [0.25, 0.3) is 65.3 Å². The van der Waals surface area contributed by atoms with E-state index in [1.54, 1.807) is 0 Å². The average Bonchev–Trinajstić information content (AvgIpc) is 3.67. The molecule has 8 aromatic carbocycles. The molecule has 0 aliphatic carbocycles. The predicted molar refractivity (Wildman–Crippen MR) is 204 cm³/mol. The number of rotatable bonds is 2. The van der Waals surface area contributed by atoms with Crippen LogP contribution in [0.15, 0.2) is 146 Å². The molecule has 8 aromatic rings. The second-order valence-electron chi connectivity index (χ2n) is 10.7. The first-order chi connectivity index (χ1) is 21.7. The molecule has 0 amide bonds. The van der Waals surface area contributed by atoms with Gasteiger partial charge in [0.25, 0.3) is 0 Å². The maximum absolute atomic E-state index is 4.39. The first kappa shape index (κ1) is 36.9. The van der Waals surface area contributed by atoms with Crippen LogP contribution in [0.5, 0.6) is 0 Å². The molecule has 230 valence electrons. The Kier molecular flexibility index (Phi) is 14.0. The van der Waals surface area contributed by atoms with E-state index in [-0.39, 0.29) is 14.9 Å². The van der Waals surface area contributed by atoms with Crippen molar-refractivity contribution in [2.45, 2.75) is 13.8 Å². The van der Waals surface area contributed by atoms with Gasteiger partial charge < -0.3 is 26.5 Å². The summed E-state index contributed by atoms with van der Waals surface area (Å²) >= 11 is 5.74. The summed E-state index contributed by atoms with van der Waals surface area (Å²) in [6, 6.07) is 52.5. The van der Waals surface area contributed by atoms with Crippen molar-refractivity contribution in [3.8, 4) is 22.3 Å². The molecule has 0 aliphatic heterocycles. The van der Waals surface area contributed by atoms with Gasteiger partial charge in [-0.3, -0.25) is 6.38 Å². The Bertz CT molecular complexity index is 2000. The molecule has 0 nitrogen and oxygen atoms in total. The molecule has 0 bridgehead atoms. The second kappa shape index (κ2) is 17.4. The standard InChI is InChI=1S/2C20H15.CH2Cl.2CH3.Si.Zr/c2*1-14-12-16-8-5-11-19(20(16)13-14)18-10-4-7-15-6-2-3-9-17(15)18;1-2;;;;/h2*2-13H,1H3;1H2;2*1H3;;/q5*-1;;. The molecule has 0 saturated heterocycles. The van der Waals surface area contributed by atoms with Gasteiger partial charge in [-0.2, -0.15) is 12.1 Å². The molecule has 2 radical (unpaired) electrons. The van der Waals surface area contributed by atoms with Crippen LogP contribution >= 0.6 is 11.6 Å². The van der Waals surface area contributed by atoms with Crippen molar-refractivity contribution >= 4 is 61.6 Å². The van der Waals surface area contributed by atoms with Gasteiger partial charge in [-0.1, -0.05) is 122 Å². The van der Waals surface area contributed by atoms with Crippen molar-refractivity contribution in [2.75, 3.05) is 0 Å². The third-order valence-corrected chi connectivity index (χ3v) is 7.95. The van der Waals surface area contributed by atoms with Crippen LogP contribution in [0.3, 0.4) is 0 Å². The van der Waals surface area contributed by atoms with Crippen LogP contribution in [0.4, 0.5) is 0 Å². The van der Waals surface area contributed by atoms with Crippen LogP contribution in [-0.4, -0.2) is 6.88 Å². The molecule has 0 unspecified atom stereocenters. The summed E-state index contributed by atoms with van der Waals surface area (Å²) in [7, 11) is 0. The summed E-state index contributed by atoms with van der Waals surface area (Å²) < 4.78 is 0. The summed E-state index contributed by atoms with van der Waals surface area (Å²) in [6.45, 7) is 7.38. The van der Waals surface area contributed by atoms with E-state index in [0.717, 1.165) is 0 Å². The molecule has 0 aliphatic rings. The van der Waals surface area contributed by atoms with Crippen molar-refractivity contribution in [1.29, 1.82) is 0 Å². The van der Waals surface area contributed by atoms with Gasteiger partial charge >= 0.3 is 30.2 Å². The number of hydrogen-bond donors (Lipinski definition) is 0. The molecular formula is C43H38ClSiZr-5. The summed E-state index contributed by atoms with van der Waals surface area (Å²) in [5, 5.41) is 10.6. The number of benzene rings is 6. The molecule has 3 heteroatoms. The van der Waals surface area contributed by atoms with Crippen LogP contribution < -0.4 is 0 Å². The molecule has 0 aromatic heterocycles. The SMILES string of the molecule is Cc1cc2c(-c3cccc4ccccc34)cccc2[cH-]1.Cc1cc2c(-c3cccc4ccccc34)cccc2[cH-]1.[CH2-]Cl.[CH3-].[CH3-].[Si]=[Zr]. The third-order valence-electron chi connectivity index (χ3n) is 7.95. The fourth-order valence-electron chi connectivity index (χ4n) is 6.16. The van der Waals surface area contributed by atoms with Gasteiger partial charge in [-0.15, -0.1) is 69.1 Å². The van der Waals surface area contributed by atoms with Crippen molar-refractivity contribution < 1.29 is 23.3 Å². The first-order valence-corrected chi connectivity index (χ1v) is 19.2. The molecule has 0 spiro atoms. The van der Waals surface area contributed by atoms with Gasteiger partial charge in [0.05, 0.1) is 0 Å².